The third-order valence-corrected chi connectivity index (χ3v) is 7.28. The van der Waals surface area contributed by atoms with Crippen molar-refractivity contribution in [2.24, 2.45) is 0 Å². The van der Waals surface area contributed by atoms with Crippen LogP contribution >= 0.6 is 0 Å². The molecular formula is C12H24O2Si. The Balaban J connectivity index is 4.93. The van der Waals surface area contributed by atoms with E-state index >= 15 is 0 Å². The lowest BCUT2D eigenvalue weighted by molar-refractivity contribution is 0.137. The molecule has 0 aliphatic rings. The van der Waals surface area contributed by atoms with Crippen LogP contribution in [0.25, 0.3) is 0 Å². The van der Waals surface area contributed by atoms with Crippen molar-refractivity contribution in [3.8, 4) is 0 Å². The van der Waals surface area contributed by atoms with E-state index in [1.54, 1.807) is 13.2 Å². The van der Waals surface area contributed by atoms with Crippen molar-refractivity contribution < 1.29 is 9.16 Å². The van der Waals surface area contributed by atoms with E-state index in [0.717, 1.165) is 5.57 Å². The molecule has 0 aromatic carbocycles. The Bertz CT molecular complexity index is 259. The Labute approximate surface area is 95.1 Å². The van der Waals surface area contributed by atoms with Crippen molar-refractivity contribution in [1.29, 1.82) is 0 Å². The summed E-state index contributed by atoms with van der Waals surface area (Å²) >= 11 is 0. The molecule has 0 saturated carbocycles. The van der Waals surface area contributed by atoms with Gasteiger partial charge in [-0.3, -0.25) is 0 Å². The average molecular weight is 228 g/mol. The predicted octanol–water partition coefficient (Wildman–Crippen LogP) is 4.07. The van der Waals surface area contributed by atoms with Gasteiger partial charge in [0.05, 0.1) is 7.11 Å². The van der Waals surface area contributed by atoms with E-state index in [1.165, 1.54) is 0 Å². The third kappa shape index (κ3) is 3.74. The van der Waals surface area contributed by atoms with E-state index in [2.05, 4.69) is 40.4 Å². The van der Waals surface area contributed by atoms with Gasteiger partial charge in [-0.1, -0.05) is 33.4 Å². The van der Waals surface area contributed by atoms with E-state index in [9.17, 15) is 0 Å². The average Bonchev–Trinajstić information content (AvgIpc) is 2.11. The van der Waals surface area contributed by atoms with Gasteiger partial charge in [0, 0.05) is 5.57 Å². The van der Waals surface area contributed by atoms with Crippen LogP contribution in [-0.4, -0.2) is 15.4 Å². The van der Waals surface area contributed by atoms with Gasteiger partial charge in [0.25, 0.3) is 14.3 Å². The predicted molar refractivity (Wildman–Crippen MR) is 68.2 cm³/mol. The zero-order chi connectivity index (χ0) is 12.3. The molecule has 0 radical (unpaired) electrons. The number of methoxy groups -OCH3 is 1. The molecule has 0 aromatic heterocycles. The zero-order valence-corrected chi connectivity index (χ0v) is 12.1. The third-order valence-electron chi connectivity index (χ3n) is 2.97. The van der Waals surface area contributed by atoms with Gasteiger partial charge in [-0.05, 0) is 25.1 Å². The fraction of sp³-hybridized carbons (Fsp3) is 0.667. The van der Waals surface area contributed by atoms with E-state index in [0.29, 0.717) is 5.95 Å². The summed E-state index contributed by atoms with van der Waals surface area (Å²) in [6.45, 7) is 16.7. The van der Waals surface area contributed by atoms with Crippen LogP contribution in [0.1, 0.15) is 27.7 Å². The van der Waals surface area contributed by atoms with E-state index < -0.39 is 8.32 Å². The number of allylic oxidation sites excluding steroid dienone is 2. The molecule has 0 heterocycles. The van der Waals surface area contributed by atoms with Crippen molar-refractivity contribution in [3.05, 3.63) is 24.2 Å². The Hall–Kier alpha value is -0.703. The second kappa shape index (κ2) is 4.88. The van der Waals surface area contributed by atoms with Crippen molar-refractivity contribution in [2.75, 3.05) is 7.11 Å². The standard InChI is InChI=1S/C12H24O2Si/c1-9-10(2)11(13-6)14-15(7,8)12(3,4)5/h9H,1H2,2-8H3/b11-10+. The zero-order valence-electron chi connectivity index (χ0n) is 11.1. The number of ether oxygens (including phenoxy) is 1. The molecule has 0 aromatic rings. The summed E-state index contributed by atoms with van der Waals surface area (Å²) in [5, 5.41) is 0.179. The highest BCUT2D eigenvalue weighted by molar-refractivity contribution is 6.74. The quantitative estimate of drug-likeness (QED) is 0.410. The van der Waals surface area contributed by atoms with Gasteiger partial charge in [0.1, 0.15) is 0 Å². The summed E-state index contributed by atoms with van der Waals surface area (Å²) in [4.78, 5) is 0. The lowest BCUT2D eigenvalue weighted by Crippen LogP contribution is -2.40. The monoisotopic (exact) mass is 228 g/mol. The summed E-state index contributed by atoms with van der Waals surface area (Å²) in [6.07, 6.45) is 1.76. The minimum absolute atomic E-state index is 0.179. The number of hydrogen-bond acceptors (Lipinski definition) is 2. The fourth-order valence-corrected chi connectivity index (χ4v) is 1.77. The van der Waals surface area contributed by atoms with Gasteiger partial charge in [0.2, 0.25) is 0 Å². The fourth-order valence-electron chi connectivity index (χ4n) is 0.751. The van der Waals surface area contributed by atoms with Gasteiger partial charge in [-0.15, -0.1) is 0 Å². The highest BCUT2D eigenvalue weighted by Gasteiger charge is 2.40. The molecule has 0 aliphatic carbocycles. The second-order valence-electron chi connectivity index (χ2n) is 5.24. The molecule has 0 unspecified atom stereocenters. The Kier molecular flexibility index (Phi) is 4.65. The molecule has 2 nitrogen and oxygen atoms in total. The van der Waals surface area contributed by atoms with Crippen LogP contribution in [0.4, 0.5) is 0 Å². The van der Waals surface area contributed by atoms with Crippen LogP contribution in [0.5, 0.6) is 0 Å². The van der Waals surface area contributed by atoms with Crippen molar-refractivity contribution in [2.45, 2.75) is 45.8 Å². The van der Waals surface area contributed by atoms with Crippen LogP contribution in [0.15, 0.2) is 24.2 Å². The van der Waals surface area contributed by atoms with Crippen molar-refractivity contribution >= 4 is 8.32 Å². The normalized spacial score (nSPS) is 14.3. The molecule has 0 spiro atoms. The molecular weight excluding hydrogens is 204 g/mol. The first-order chi connectivity index (χ1) is 6.65. The van der Waals surface area contributed by atoms with Crippen LogP contribution < -0.4 is 0 Å². The number of hydrogen-bond donors (Lipinski definition) is 0. The molecule has 0 fully saturated rings. The Morgan fingerprint density at radius 3 is 2.00 bits per heavy atom. The first-order valence-electron chi connectivity index (χ1n) is 5.22. The molecule has 15 heavy (non-hydrogen) atoms. The minimum atomic E-state index is -1.80. The number of rotatable bonds is 4. The molecule has 0 bridgehead atoms. The summed E-state index contributed by atoms with van der Waals surface area (Å²) in [6, 6.07) is 0. The largest absolute Gasteiger partial charge is 0.519 e. The maximum absolute atomic E-state index is 6.03. The molecule has 0 N–H and O–H groups in total. The maximum Gasteiger partial charge on any atom is 0.268 e. The summed E-state index contributed by atoms with van der Waals surface area (Å²) in [7, 11) is -0.164. The molecule has 0 amide bonds. The lowest BCUT2D eigenvalue weighted by atomic mass is 10.2. The van der Waals surface area contributed by atoms with Gasteiger partial charge in [0.15, 0.2) is 0 Å². The van der Waals surface area contributed by atoms with Crippen molar-refractivity contribution in [1.82, 2.24) is 0 Å². The van der Waals surface area contributed by atoms with E-state index in [1.807, 2.05) is 6.92 Å². The SMILES string of the molecule is C=C/C(C)=C(\OC)O[Si](C)(C)C(C)(C)C. The molecule has 88 valence electrons. The van der Waals surface area contributed by atoms with Gasteiger partial charge in [-0.2, -0.15) is 0 Å². The molecule has 0 atom stereocenters. The minimum Gasteiger partial charge on any atom is -0.519 e. The first kappa shape index (κ1) is 14.3. The highest BCUT2D eigenvalue weighted by Crippen LogP contribution is 2.38. The molecule has 0 rings (SSSR count). The van der Waals surface area contributed by atoms with E-state index in [4.69, 9.17) is 9.16 Å². The highest BCUT2D eigenvalue weighted by atomic mass is 28.4. The van der Waals surface area contributed by atoms with Gasteiger partial charge >= 0.3 is 0 Å². The Morgan fingerprint density at radius 1 is 1.27 bits per heavy atom. The van der Waals surface area contributed by atoms with Crippen LogP contribution in [0, 0.1) is 0 Å². The van der Waals surface area contributed by atoms with Gasteiger partial charge < -0.3 is 9.16 Å². The van der Waals surface area contributed by atoms with E-state index in [-0.39, 0.29) is 5.04 Å². The smallest absolute Gasteiger partial charge is 0.268 e. The maximum atomic E-state index is 6.03. The topological polar surface area (TPSA) is 18.5 Å². The molecule has 0 saturated heterocycles. The van der Waals surface area contributed by atoms with Crippen LogP contribution in [0.3, 0.4) is 0 Å². The van der Waals surface area contributed by atoms with Gasteiger partial charge in [-0.25, -0.2) is 0 Å². The van der Waals surface area contributed by atoms with Crippen LogP contribution in [-0.2, 0) is 9.16 Å². The first-order valence-corrected chi connectivity index (χ1v) is 8.13. The van der Waals surface area contributed by atoms with Crippen molar-refractivity contribution in [3.63, 3.8) is 0 Å². The second-order valence-corrected chi connectivity index (χ2v) is 9.97. The molecule has 0 aliphatic heterocycles. The summed E-state index contributed by atoms with van der Waals surface area (Å²) in [5.74, 6) is 0.608. The molecule has 3 heteroatoms. The Morgan fingerprint density at radius 2 is 1.73 bits per heavy atom. The summed E-state index contributed by atoms with van der Waals surface area (Å²) in [5.41, 5.74) is 0.947. The lowest BCUT2D eigenvalue weighted by Gasteiger charge is -2.36. The summed E-state index contributed by atoms with van der Waals surface area (Å²) < 4.78 is 11.3. The van der Waals surface area contributed by atoms with Crippen LogP contribution in [0.2, 0.25) is 18.1 Å².